The third-order valence-corrected chi connectivity index (χ3v) is 2.97. The quantitative estimate of drug-likeness (QED) is 0.584. The number of benzene rings is 1. The third kappa shape index (κ3) is 2.29. The predicted octanol–water partition coefficient (Wildman–Crippen LogP) is 3.51. The molecule has 1 aromatic carbocycles. The van der Waals surface area contributed by atoms with Crippen molar-refractivity contribution in [2.45, 2.75) is 26.4 Å². The van der Waals surface area contributed by atoms with E-state index in [9.17, 15) is 4.79 Å². The van der Waals surface area contributed by atoms with Gasteiger partial charge in [0.15, 0.2) is 5.60 Å². The van der Waals surface area contributed by atoms with Gasteiger partial charge in [0.25, 0.3) is 0 Å². The lowest BCUT2D eigenvalue weighted by molar-refractivity contribution is -0.145. The Balaban J connectivity index is 2.48. The Bertz CT molecular complexity index is 556. The Labute approximate surface area is 107 Å². The number of ether oxygens (including phenoxy) is 1. The van der Waals surface area contributed by atoms with E-state index < -0.39 is 5.60 Å². The van der Waals surface area contributed by atoms with E-state index in [1.54, 1.807) is 0 Å². The molecule has 2 nitrogen and oxygen atoms in total. The first-order chi connectivity index (χ1) is 8.52. The highest BCUT2D eigenvalue weighted by Crippen LogP contribution is 2.38. The maximum absolute atomic E-state index is 11.5. The van der Waals surface area contributed by atoms with Crippen LogP contribution < -0.4 is 0 Å². The Morgan fingerprint density at radius 3 is 2.56 bits per heavy atom. The number of hydrogen-bond donors (Lipinski definition) is 0. The second-order valence-electron chi connectivity index (χ2n) is 4.71. The molecule has 0 N–H and O–H groups in total. The van der Waals surface area contributed by atoms with Gasteiger partial charge >= 0.3 is 5.97 Å². The zero-order chi connectivity index (χ0) is 13.2. The molecule has 1 heterocycles. The summed E-state index contributed by atoms with van der Waals surface area (Å²) in [6.07, 6.45) is 3.36. The number of hydrogen-bond acceptors (Lipinski definition) is 2. The molecule has 0 bridgehead atoms. The number of carbonyl (C=O) groups excluding carboxylic acids is 1. The summed E-state index contributed by atoms with van der Waals surface area (Å²) in [5.74, 6) is -0.303. The molecule has 1 unspecified atom stereocenters. The van der Waals surface area contributed by atoms with Crippen molar-refractivity contribution < 1.29 is 9.53 Å². The minimum absolute atomic E-state index is 0.303. The third-order valence-electron chi connectivity index (χ3n) is 2.97. The molecular weight excluding hydrogens is 224 g/mol. The summed E-state index contributed by atoms with van der Waals surface area (Å²) in [5, 5.41) is 0. The van der Waals surface area contributed by atoms with Crippen LogP contribution in [0.15, 0.2) is 59.4 Å². The van der Waals surface area contributed by atoms with Crippen LogP contribution in [0.5, 0.6) is 0 Å². The average Bonchev–Trinajstić information content (AvgIpc) is 2.64. The maximum atomic E-state index is 11.5. The molecule has 0 spiro atoms. The maximum Gasteiger partial charge on any atom is 0.332 e. The summed E-state index contributed by atoms with van der Waals surface area (Å²) in [4.78, 5) is 11.5. The standard InChI is InChI=1S/C16H16O2/c1-12(2)9-10-14-11-15(17)18-16(14,3)13-7-5-4-6-8-13/h4-8,10-11H,1-3H3. The Morgan fingerprint density at radius 1 is 1.28 bits per heavy atom. The summed E-state index contributed by atoms with van der Waals surface area (Å²) >= 11 is 0. The molecule has 18 heavy (non-hydrogen) atoms. The smallest absolute Gasteiger partial charge is 0.332 e. The number of carbonyl (C=O) groups is 1. The monoisotopic (exact) mass is 240 g/mol. The first-order valence-electron chi connectivity index (χ1n) is 5.93. The van der Waals surface area contributed by atoms with E-state index in [-0.39, 0.29) is 5.97 Å². The molecule has 0 aliphatic carbocycles. The van der Waals surface area contributed by atoms with Gasteiger partial charge in [-0.25, -0.2) is 4.79 Å². The van der Waals surface area contributed by atoms with Crippen molar-refractivity contribution >= 4 is 5.97 Å². The summed E-state index contributed by atoms with van der Waals surface area (Å²) < 4.78 is 5.47. The van der Waals surface area contributed by atoms with E-state index in [2.05, 4.69) is 5.73 Å². The first-order valence-corrected chi connectivity index (χ1v) is 5.93. The molecule has 1 aliphatic rings. The molecule has 0 amide bonds. The molecular formula is C16H16O2. The Morgan fingerprint density at radius 2 is 1.94 bits per heavy atom. The number of cyclic esters (lactones) is 1. The summed E-state index contributed by atoms with van der Waals surface area (Å²) in [6.45, 7) is 5.84. The van der Waals surface area contributed by atoms with Crippen LogP contribution in [0.3, 0.4) is 0 Å². The summed E-state index contributed by atoms with van der Waals surface area (Å²) in [6, 6.07) is 9.74. The second-order valence-corrected chi connectivity index (χ2v) is 4.71. The van der Waals surface area contributed by atoms with Crippen LogP contribution in [0.2, 0.25) is 0 Å². The zero-order valence-corrected chi connectivity index (χ0v) is 10.9. The SMILES string of the molecule is CC(C)=C=CC1=CC(=O)OC1(C)c1ccccc1. The van der Waals surface area contributed by atoms with Crippen molar-refractivity contribution in [3.05, 3.63) is 64.9 Å². The van der Waals surface area contributed by atoms with Crippen molar-refractivity contribution in [1.82, 2.24) is 0 Å². The average molecular weight is 240 g/mol. The fourth-order valence-electron chi connectivity index (χ4n) is 1.94. The van der Waals surface area contributed by atoms with E-state index in [1.807, 2.05) is 57.2 Å². The van der Waals surface area contributed by atoms with Gasteiger partial charge in [-0.15, -0.1) is 5.73 Å². The van der Waals surface area contributed by atoms with E-state index in [0.29, 0.717) is 0 Å². The van der Waals surface area contributed by atoms with Crippen molar-refractivity contribution in [3.63, 3.8) is 0 Å². The van der Waals surface area contributed by atoms with Gasteiger partial charge in [0.05, 0.1) is 0 Å². The zero-order valence-electron chi connectivity index (χ0n) is 10.9. The molecule has 2 rings (SSSR count). The van der Waals surface area contributed by atoms with Crippen molar-refractivity contribution in [2.24, 2.45) is 0 Å². The van der Waals surface area contributed by atoms with Crippen molar-refractivity contribution in [3.8, 4) is 0 Å². The van der Waals surface area contributed by atoms with Crippen LogP contribution in [0.1, 0.15) is 26.3 Å². The van der Waals surface area contributed by atoms with Crippen LogP contribution in [0.25, 0.3) is 0 Å². The van der Waals surface area contributed by atoms with Gasteiger partial charge in [0.1, 0.15) is 0 Å². The lowest BCUT2D eigenvalue weighted by Gasteiger charge is -2.25. The molecule has 1 atom stereocenters. The minimum atomic E-state index is -0.708. The van der Waals surface area contributed by atoms with E-state index in [0.717, 1.165) is 16.7 Å². The van der Waals surface area contributed by atoms with Crippen LogP contribution >= 0.6 is 0 Å². The van der Waals surface area contributed by atoms with Gasteiger partial charge in [-0.3, -0.25) is 0 Å². The number of rotatable bonds is 2. The molecule has 1 aromatic rings. The van der Waals surface area contributed by atoms with E-state index in [4.69, 9.17) is 4.74 Å². The highest BCUT2D eigenvalue weighted by molar-refractivity contribution is 5.87. The van der Waals surface area contributed by atoms with Gasteiger partial charge in [0, 0.05) is 11.6 Å². The molecule has 1 aliphatic heterocycles. The van der Waals surface area contributed by atoms with Crippen LogP contribution in [-0.4, -0.2) is 5.97 Å². The van der Waals surface area contributed by atoms with Crippen molar-refractivity contribution in [2.75, 3.05) is 0 Å². The Kier molecular flexibility index (Phi) is 3.22. The van der Waals surface area contributed by atoms with Gasteiger partial charge in [-0.1, -0.05) is 30.3 Å². The van der Waals surface area contributed by atoms with Crippen LogP contribution in [0, 0.1) is 0 Å². The molecule has 0 saturated heterocycles. The molecule has 92 valence electrons. The highest BCUT2D eigenvalue weighted by atomic mass is 16.6. The van der Waals surface area contributed by atoms with Gasteiger partial charge < -0.3 is 4.74 Å². The largest absolute Gasteiger partial charge is 0.446 e. The molecule has 0 fully saturated rings. The topological polar surface area (TPSA) is 26.3 Å². The summed E-state index contributed by atoms with van der Waals surface area (Å²) in [5.41, 5.74) is 5.28. The van der Waals surface area contributed by atoms with Gasteiger partial charge in [-0.05, 0) is 38.0 Å². The van der Waals surface area contributed by atoms with Gasteiger partial charge in [-0.2, -0.15) is 0 Å². The lowest BCUT2D eigenvalue weighted by atomic mass is 9.88. The minimum Gasteiger partial charge on any atom is -0.446 e. The molecule has 0 radical (unpaired) electrons. The van der Waals surface area contributed by atoms with E-state index in [1.165, 1.54) is 6.08 Å². The lowest BCUT2D eigenvalue weighted by Crippen LogP contribution is -2.24. The highest BCUT2D eigenvalue weighted by Gasteiger charge is 2.38. The van der Waals surface area contributed by atoms with Gasteiger partial charge in [0.2, 0.25) is 0 Å². The predicted molar refractivity (Wildman–Crippen MR) is 70.9 cm³/mol. The van der Waals surface area contributed by atoms with Crippen LogP contribution in [0.4, 0.5) is 0 Å². The number of esters is 1. The summed E-state index contributed by atoms with van der Waals surface area (Å²) in [7, 11) is 0. The molecule has 0 saturated carbocycles. The normalized spacial score (nSPS) is 21.9. The molecule has 0 aromatic heterocycles. The van der Waals surface area contributed by atoms with E-state index >= 15 is 0 Å². The second kappa shape index (κ2) is 4.67. The first kappa shape index (κ1) is 12.4. The molecule has 2 heteroatoms. The van der Waals surface area contributed by atoms with Crippen molar-refractivity contribution in [1.29, 1.82) is 0 Å². The fourth-order valence-corrected chi connectivity index (χ4v) is 1.94. The Hall–Kier alpha value is -2.05. The fraction of sp³-hybridized carbons (Fsp3) is 0.250. The van der Waals surface area contributed by atoms with Crippen LogP contribution in [-0.2, 0) is 15.1 Å².